The maximum absolute atomic E-state index is 12.9. The quantitative estimate of drug-likeness (QED) is 0.651. The highest BCUT2D eigenvalue weighted by Gasteiger charge is 2.33. The first-order valence-corrected chi connectivity index (χ1v) is 9.11. The van der Waals surface area contributed by atoms with Gasteiger partial charge >= 0.3 is 6.18 Å². The normalized spacial score (nSPS) is 11.5. The molecule has 0 aliphatic rings. The molecule has 1 heterocycles. The van der Waals surface area contributed by atoms with Gasteiger partial charge in [-0.1, -0.05) is 26.0 Å². The van der Waals surface area contributed by atoms with Crippen molar-refractivity contribution in [3.05, 3.63) is 58.0 Å². The molecule has 0 aliphatic carbocycles. The fourth-order valence-electron chi connectivity index (χ4n) is 2.66. The smallest absolute Gasteiger partial charge is 0.419 e. The lowest BCUT2D eigenvalue weighted by Gasteiger charge is -2.14. The topological polar surface area (TPSA) is 80.6 Å². The van der Waals surface area contributed by atoms with Gasteiger partial charge in [0.05, 0.1) is 17.7 Å². The molecule has 29 heavy (non-hydrogen) atoms. The fraction of sp³-hybridized carbons (Fsp3) is 0.400. The van der Waals surface area contributed by atoms with Crippen LogP contribution in [0.2, 0.25) is 0 Å². The van der Waals surface area contributed by atoms with E-state index in [4.69, 9.17) is 4.74 Å². The number of aromatic hydroxyl groups is 1. The number of hydrogen-bond acceptors (Lipinski definition) is 4. The number of carbonyl (C=O) groups excluding carboxylic acids is 1. The summed E-state index contributed by atoms with van der Waals surface area (Å²) in [4.78, 5) is 24.3. The summed E-state index contributed by atoms with van der Waals surface area (Å²) in [6.07, 6.45) is -2.84. The summed E-state index contributed by atoms with van der Waals surface area (Å²) in [5.74, 6) is -1.38. The first-order valence-electron chi connectivity index (χ1n) is 9.11. The molecule has 158 valence electrons. The van der Waals surface area contributed by atoms with Gasteiger partial charge in [0, 0.05) is 19.3 Å². The van der Waals surface area contributed by atoms with Crippen LogP contribution >= 0.6 is 0 Å². The highest BCUT2D eigenvalue weighted by Crippen LogP contribution is 2.35. The molecule has 2 rings (SSSR count). The number of amides is 1. The van der Waals surface area contributed by atoms with Crippen molar-refractivity contribution in [2.45, 2.75) is 33.0 Å². The Balaban J connectivity index is 1.89. The van der Waals surface area contributed by atoms with Crippen LogP contribution in [-0.2, 0) is 12.7 Å². The molecule has 2 aromatic rings. The molecule has 1 aromatic heterocycles. The van der Waals surface area contributed by atoms with Crippen LogP contribution in [0.5, 0.6) is 11.5 Å². The van der Waals surface area contributed by atoms with Crippen LogP contribution in [0.25, 0.3) is 0 Å². The van der Waals surface area contributed by atoms with Crippen molar-refractivity contribution < 1.29 is 27.8 Å². The second kappa shape index (κ2) is 9.49. The van der Waals surface area contributed by atoms with Crippen LogP contribution in [0.4, 0.5) is 13.2 Å². The van der Waals surface area contributed by atoms with Crippen molar-refractivity contribution in [2.24, 2.45) is 5.92 Å². The van der Waals surface area contributed by atoms with Crippen molar-refractivity contribution in [2.75, 3.05) is 13.2 Å². The van der Waals surface area contributed by atoms with E-state index < -0.39 is 29.0 Å². The molecule has 0 saturated heterocycles. The molecule has 6 nitrogen and oxygen atoms in total. The van der Waals surface area contributed by atoms with E-state index in [1.54, 1.807) is 0 Å². The van der Waals surface area contributed by atoms with Gasteiger partial charge in [-0.25, -0.2) is 0 Å². The van der Waals surface area contributed by atoms with Gasteiger partial charge in [-0.15, -0.1) is 0 Å². The Labute approximate surface area is 165 Å². The number of halogens is 3. The number of benzene rings is 1. The van der Waals surface area contributed by atoms with Crippen molar-refractivity contribution in [1.29, 1.82) is 0 Å². The minimum atomic E-state index is -4.52. The molecule has 0 fully saturated rings. The van der Waals surface area contributed by atoms with E-state index in [9.17, 15) is 27.9 Å². The summed E-state index contributed by atoms with van der Waals surface area (Å²) >= 11 is 0. The molecule has 1 amide bonds. The number of para-hydroxylation sites is 1. The Hall–Kier alpha value is -2.97. The van der Waals surface area contributed by atoms with Gasteiger partial charge in [-0.3, -0.25) is 9.59 Å². The first kappa shape index (κ1) is 22.3. The lowest BCUT2D eigenvalue weighted by molar-refractivity contribution is -0.138. The number of carbonyl (C=O) groups is 1. The largest absolute Gasteiger partial charge is 0.502 e. The molecule has 0 saturated carbocycles. The van der Waals surface area contributed by atoms with E-state index in [2.05, 4.69) is 5.32 Å². The van der Waals surface area contributed by atoms with Gasteiger partial charge in [0.25, 0.3) is 11.5 Å². The van der Waals surface area contributed by atoms with Gasteiger partial charge in [0.15, 0.2) is 5.75 Å². The second-order valence-electron chi connectivity index (χ2n) is 6.88. The van der Waals surface area contributed by atoms with Crippen LogP contribution in [0.3, 0.4) is 0 Å². The molecule has 0 radical (unpaired) electrons. The Morgan fingerprint density at radius 2 is 1.93 bits per heavy atom. The Bertz CT molecular complexity index is 907. The van der Waals surface area contributed by atoms with Crippen LogP contribution in [-0.4, -0.2) is 28.7 Å². The minimum Gasteiger partial charge on any atom is -0.502 e. The SMILES string of the molecule is CC(C)Cn1ccc(C(=O)NCCCOc2ccccc2C(F)(F)F)c(O)c1=O. The predicted molar refractivity (Wildman–Crippen MR) is 101 cm³/mol. The van der Waals surface area contributed by atoms with E-state index in [1.165, 1.54) is 35.0 Å². The number of rotatable bonds is 8. The van der Waals surface area contributed by atoms with Crippen molar-refractivity contribution in [3.63, 3.8) is 0 Å². The lowest BCUT2D eigenvalue weighted by atomic mass is 10.2. The lowest BCUT2D eigenvalue weighted by Crippen LogP contribution is -2.29. The monoisotopic (exact) mass is 412 g/mol. The molecule has 0 atom stereocenters. The average molecular weight is 412 g/mol. The van der Waals surface area contributed by atoms with E-state index in [0.29, 0.717) is 6.54 Å². The number of nitrogens with one attached hydrogen (secondary N) is 1. The zero-order valence-electron chi connectivity index (χ0n) is 16.1. The van der Waals surface area contributed by atoms with Gasteiger partial charge in [0.1, 0.15) is 5.75 Å². The number of hydrogen-bond donors (Lipinski definition) is 2. The summed E-state index contributed by atoms with van der Waals surface area (Å²) in [6, 6.07) is 6.23. The summed E-state index contributed by atoms with van der Waals surface area (Å²) < 4.78 is 45.2. The molecule has 9 heteroatoms. The minimum absolute atomic E-state index is 0.0463. The van der Waals surface area contributed by atoms with E-state index in [1.807, 2.05) is 13.8 Å². The maximum Gasteiger partial charge on any atom is 0.419 e. The number of ether oxygens (including phenoxy) is 1. The fourth-order valence-corrected chi connectivity index (χ4v) is 2.66. The van der Waals surface area contributed by atoms with E-state index in [0.717, 1.165) is 6.07 Å². The third-order valence-electron chi connectivity index (χ3n) is 4.00. The zero-order valence-corrected chi connectivity index (χ0v) is 16.1. The first-order chi connectivity index (χ1) is 13.6. The molecular formula is C20H23F3N2O4. The molecule has 1 aromatic carbocycles. The van der Waals surface area contributed by atoms with Crippen molar-refractivity contribution in [1.82, 2.24) is 9.88 Å². The molecule has 0 aliphatic heterocycles. The summed E-state index contributed by atoms with van der Waals surface area (Å²) in [5.41, 5.74) is -1.67. The van der Waals surface area contributed by atoms with Crippen molar-refractivity contribution >= 4 is 5.91 Å². The van der Waals surface area contributed by atoms with E-state index >= 15 is 0 Å². The average Bonchev–Trinajstić information content (AvgIpc) is 2.64. The number of nitrogens with zero attached hydrogens (tertiary/aromatic N) is 1. The van der Waals surface area contributed by atoms with Crippen LogP contribution in [0, 0.1) is 5.92 Å². The Kier molecular flexibility index (Phi) is 7.30. The Morgan fingerprint density at radius 1 is 1.24 bits per heavy atom. The van der Waals surface area contributed by atoms with Gasteiger partial charge in [0.2, 0.25) is 0 Å². The van der Waals surface area contributed by atoms with Crippen molar-refractivity contribution in [3.8, 4) is 11.5 Å². The van der Waals surface area contributed by atoms with Gasteiger partial charge < -0.3 is 19.7 Å². The zero-order chi connectivity index (χ0) is 21.6. The maximum atomic E-state index is 12.9. The molecule has 0 unspecified atom stereocenters. The molecule has 0 bridgehead atoms. The van der Waals surface area contributed by atoms with E-state index in [-0.39, 0.29) is 36.8 Å². The Morgan fingerprint density at radius 3 is 2.59 bits per heavy atom. The second-order valence-corrected chi connectivity index (χ2v) is 6.88. The highest BCUT2D eigenvalue weighted by atomic mass is 19.4. The highest BCUT2D eigenvalue weighted by molar-refractivity contribution is 5.96. The third kappa shape index (κ3) is 6.00. The van der Waals surface area contributed by atoms with Crippen LogP contribution in [0.15, 0.2) is 41.3 Å². The third-order valence-corrected chi connectivity index (χ3v) is 4.00. The van der Waals surface area contributed by atoms with Crippen LogP contribution in [0.1, 0.15) is 36.2 Å². The molecular weight excluding hydrogens is 389 g/mol. The standard InChI is InChI=1S/C20H23F3N2O4/c1-13(2)12-25-10-8-14(17(26)19(25)28)18(27)24-9-5-11-29-16-7-4-3-6-15(16)20(21,22)23/h3-4,6-8,10,13,26H,5,9,11-12H2,1-2H3,(H,24,27). The molecule has 2 N–H and O–H groups in total. The summed E-state index contributed by atoms with van der Waals surface area (Å²) in [7, 11) is 0. The number of aromatic nitrogens is 1. The van der Waals surface area contributed by atoms with Crippen LogP contribution < -0.4 is 15.6 Å². The number of alkyl halides is 3. The summed E-state index contributed by atoms with van der Waals surface area (Å²) in [6.45, 7) is 4.29. The summed E-state index contributed by atoms with van der Waals surface area (Å²) in [5, 5.41) is 12.5. The predicted octanol–water partition coefficient (Wildman–Crippen LogP) is 3.43. The van der Waals surface area contributed by atoms with Gasteiger partial charge in [-0.05, 0) is 30.5 Å². The molecule has 0 spiro atoms. The van der Waals surface area contributed by atoms with Gasteiger partial charge in [-0.2, -0.15) is 13.2 Å². The number of pyridine rings is 1.